The lowest BCUT2D eigenvalue weighted by Crippen LogP contribution is -2.13. The third kappa shape index (κ3) is 5.28. The van der Waals surface area contributed by atoms with Crippen molar-refractivity contribution in [1.29, 1.82) is 0 Å². The number of carbonyl (C=O) groups excluding carboxylic acids is 1. The molecule has 0 saturated carbocycles. The van der Waals surface area contributed by atoms with Crippen molar-refractivity contribution >= 4 is 17.3 Å². The van der Waals surface area contributed by atoms with Crippen LogP contribution in [0.5, 0.6) is 0 Å². The highest BCUT2D eigenvalue weighted by Crippen LogP contribution is 2.37. The maximum Gasteiger partial charge on any atom is 0.418 e. The lowest BCUT2D eigenvalue weighted by atomic mass is 10.1. The molecule has 0 spiro atoms. The first-order chi connectivity index (χ1) is 9.71. The second-order valence-corrected chi connectivity index (χ2v) is 4.33. The predicted molar refractivity (Wildman–Crippen MR) is 69.6 cm³/mol. The van der Waals surface area contributed by atoms with Crippen LogP contribution < -0.4 is 11.1 Å². The number of hydrogen-bond donors (Lipinski definition) is 2. The van der Waals surface area contributed by atoms with Gasteiger partial charge < -0.3 is 11.1 Å². The Kier molecular flexibility index (Phi) is 5.51. The Morgan fingerprint density at radius 1 is 1.33 bits per heavy atom. The Balaban J connectivity index is 2.77. The smallest absolute Gasteiger partial charge is 0.385 e. The number of benzene rings is 1. The third-order valence-electron chi connectivity index (χ3n) is 2.68. The Labute approximate surface area is 118 Å². The van der Waals surface area contributed by atoms with Crippen molar-refractivity contribution in [2.45, 2.75) is 25.4 Å². The number of amides is 1. The quantitative estimate of drug-likeness (QED) is 0.459. The molecule has 0 aliphatic rings. The summed E-state index contributed by atoms with van der Waals surface area (Å²) in [5.74, 6) is -0.471. The number of rotatable bonds is 7. The first kappa shape index (κ1) is 16.7. The van der Waals surface area contributed by atoms with Crippen molar-refractivity contribution in [1.82, 2.24) is 0 Å². The molecule has 3 N–H and O–H groups in total. The second kappa shape index (κ2) is 6.91. The molecule has 1 aromatic carbocycles. The zero-order valence-electron chi connectivity index (χ0n) is 10.9. The summed E-state index contributed by atoms with van der Waals surface area (Å²) in [4.78, 5) is 20.2. The zero-order chi connectivity index (χ0) is 16.0. The average Bonchev–Trinajstić information content (AvgIpc) is 2.36. The molecule has 0 aliphatic heterocycles. The largest absolute Gasteiger partial charge is 0.418 e. The van der Waals surface area contributed by atoms with E-state index in [4.69, 9.17) is 5.73 Å². The molecule has 0 unspecified atom stereocenters. The lowest BCUT2D eigenvalue weighted by molar-refractivity contribution is -0.385. The summed E-state index contributed by atoms with van der Waals surface area (Å²) in [7, 11) is 0. The molecule has 0 saturated heterocycles. The molecule has 9 heteroatoms. The van der Waals surface area contributed by atoms with Crippen LogP contribution in [0.25, 0.3) is 0 Å². The zero-order valence-corrected chi connectivity index (χ0v) is 10.9. The predicted octanol–water partition coefficient (Wildman–Crippen LogP) is 2.68. The lowest BCUT2D eigenvalue weighted by Gasteiger charge is -2.14. The first-order valence-electron chi connectivity index (χ1n) is 6.09. The summed E-state index contributed by atoms with van der Waals surface area (Å²) >= 11 is 0. The van der Waals surface area contributed by atoms with E-state index in [0.29, 0.717) is 18.9 Å². The fourth-order valence-electron chi connectivity index (χ4n) is 1.68. The molecule has 0 aromatic heterocycles. The van der Waals surface area contributed by atoms with Gasteiger partial charge in [0.15, 0.2) is 0 Å². The fourth-order valence-corrected chi connectivity index (χ4v) is 1.68. The van der Waals surface area contributed by atoms with E-state index in [-0.39, 0.29) is 18.7 Å². The van der Waals surface area contributed by atoms with Gasteiger partial charge in [-0.15, -0.1) is 0 Å². The summed E-state index contributed by atoms with van der Waals surface area (Å²) in [6, 6.07) is 2.52. The van der Waals surface area contributed by atoms with Crippen molar-refractivity contribution in [3.63, 3.8) is 0 Å². The Morgan fingerprint density at radius 3 is 2.52 bits per heavy atom. The third-order valence-corrected chi connectivity index (χ3v) is 2.68. The van der Waals surface area contributed by atoms with Gasteiger partial charge in [0.25, 0.3) is 5.69 Å². The number of nitrogens with zero attached hydrogens (tertiary/aromatic N) is 1. The second-order valence-electron chi connectivity index (χ2n) is 4.33. The number of alkyl halides is 3. The molecular formula is C12H14F3N3O3. The highest BCUT2D eigenvalue weighted by Gasteiger charge is 2.35. The number of anilines is 1. The van der Waals surface area contributed by atoms with E-state index in [1.54, 1.807) is 0 Å². The van der Waals surface area contributed by atoms with Gasteiger partial charge >= 0.3 is 6.18 Å². The van der Waals surface area contributed by atoms with Crippen LogP contribution in [0.3, 0.4) is 0 Å². The van der Waals surface area contributed by atoms with Crippen molar-refractivity contribution in [3.05, 3.63) is 33.9 Å². The van der Waals surface area contributed by atoms with Gasteiger partial charge in [-0.2, -0.15) is 13.2 Å². The molecular weight excluding hydrogens is 291 g/mol. The number of nitro groups is 1. The number of hydrogen-bond acceptors (Lipinski definition) is 4. The molecule has 21 heavy (non-hydrogen) atoms. The number of halogens is 3. The van der Waals surface area contributed by atoms with Gasteiger partial charge in [-0.1, -0.05) is 0 Å². The highest BCUT2D eigenvalue weighted by molar-refractivity contribution is 5.73. The molecule has 0 heterocycles. The summed E-state index contributed by atoms with van der Waals surface area (Å²) in [5.41, 5.74) is 3.00. The van der Waals surface area contributed by atoms with E-state index in [1.165, 1.54) is 0 Å². The molecule has 0 radical (unpaired) electrons. The monoisotopic (exact) mass is 305 g/mol. The van der Waals surface area contributed by atoms with E-state index in [0.717, 1.165) is 12.1 Å². The molecule has 0 fully saturated rings. The van der Waals surface area contributed by atoms with Gasteiger partial charge in [-0.05, 0) is 18.9 Å². The maximum absolute atomic E-state index is 12.8. The van der Waals surface area contributed by atoms with Crippen molar-refractivity contribution in [3.8, 4) is 0 Å². The van der Waals surface area contributed by atoms with Gasteiger partial charge in [0.1, 0.15) is 0 Å². The summed E-state index contributed by atoms with van der Waals surface area (Å²) in [6.07, 6.45) is -3.62. The van der Waals surface area contributed by atoms with E-state index >= 15 is 0 Å². The average molecular weight is 305 g/mol. The van der Waals surface area contributed by atoms with Crippen LogP contribution in [0.4, 0.5) is 24.5 Å². The van der Waals surface area contributed by atoms with Crippen LogP contribution in [0.15, 0.2) is 18.2 Å². The number of non-ortho nitro benzene ring substituents is 1. The minimum Gasteiger partial charge on any atom is -0.385 e. The fraction of sp³-hybridized carbons (Fsp3) is 0.417. The van der Waals surface area contributed by atoms with Gasteiger partial charge in [-0.25, -0.2) is 0 Å². The Hall–Kier alpha value is -2.32. The number of primary amides is 1. The van der Waals surface area contributed by atoms with Crippen LogP contribution in [0.1, 0.15) is 24.8 Å². The molecule has 1 amide bonds. The Morgan fingerprint density at radius 2 is 2.00 bits per heavy atom. The van der Waals surface area contributed by atoms with Crippen molar-refractivity contribution < 1.29 is 22.9 Å². The summed E-state index contributed by atoms with van der Waals surface area (Å²) in [6.45, 7) is 0.203. The molecule has 6 nitrogen and oxygen atoms in total. The molecule has 1 rings (SSSR count). The van der Waals surface area contributed by atoms with E-state index in [9.17, 15) is 28.1 Å². The number of nitrogens with two attached hydrogens (primary N) is 1. The number of nitrogens with one attached hydrogen (secondary N) is 1. The maximum atomic E-state index is 12.8. The van der Waals surface area contributed by atoms with Crippen LogP contribution in [0, 0.1) is 10.1 Å². The summed E-state index contributed by atoms with van der Waals surface area (Å²) < 4.78 is 38.5. The topological polar surface area (TPSA) is 98.3 Å². The van der Waals surface area contributed by atoms with Gasteiger partial charge in [0.2, 0.25) is 5.91 Å². The standard InChI is InChI=1S/C12H14F3N3O3/c13-12(14,15)9-7-8(18(20)21)4-5-10(9)17-6-2-1-3-11(16)19/h4-5,7,17H,1-3,6H2,(H2,16,19). The Bertz CT molecular complexity index is 532. The number of carbonyl (C=O) groups is 1. The minimum atomic E-state index is -4.69. The van der Waals surface area contributed by atoms with Crippen LogP contribution in [-0.2, 0) is 11.0 Å². The van der Waals surface area contributed by atoms with E-state index < -0.39 is 28.3 Å². The van der Waals surface area contributed by atoms with Crippen LogP contribution in [0.2, 0.25) is 0 Å². The van der Waals surface area contributed by atoms with Crippen molar-refractivity contribution in [2.24, 2.45) is 5.73 Å². The number of nitro benzene ring substituents is 1. The van der Waals surface area contributed by atoms with Crippen LogP contribution >= 0.6 is 0 Å². The minimum absolute atomic E-state index is 0.161. The molecule has 0 atom stereocenters. The van der Waals surface area contributed by atoms with Gasteiger partial charge in [0.05, 0.1) is 10.5 Å². The van der Waals surface area contributed by atoms with Gasteiger partial charge in [-0.3, -0.25) is 14.9 Å². The summed E-state index contributed by atoms with van der Waals surface area (Å²) in [5, 5.41) is 13.1. The van der Waals surface area contributed by atoms with E-state index in [1.807, 2.05) is 0 Å². The van der Waals surface area contributed by atoms with E-state index in [2.05, 4.69) is 5.32 Å². The molecule has 116 valence electrons. The molecule has 0 aliphatic carbocycles. The van der Waals surface area contributed by atoms with Gasteiger partial charge in [0, 0.05) is 30.8 Å². The van der Waals surface area contributed by atoms with Crippen molar-refractivity contribution in [2.75, 3.05) is 11.9 Å². The highest BCUT2D eigenvalue weighted by atomic mass is 19.4. The van der Waals surface area contributed by atoms with Crippen LogP contribution in [-0.4, -0.2) is 17.4 Å². The normalized spacial score (nSPS) is 11.2. The number of unbranched alkanes of at least 4 members (excludes halogenated alkanes) is 1. The molecule has 0 bridgehead atoms. The first-order valence-corrected chi connectivity index (χ1v) is 6.09. The molecule has 1 aromatic rings. The SMILES string of the molecule is NC(=O)CCCCNc1ccc([N+](=O)[O-])cc1C(F)(F)F.